The van der Waals surface area contributed by atoms with E-state index in [4.69, 9.17) is 0 Å². The molecule has 0 fully saturated rings. The van der Waals surface area contributed by atoms with Gasteiger partial charge in [0.1, 0.15) is 5.82 Å². The first-order valence-electron chi connectivity index (χ1n) is 5.80. The average molecular weight is 302 g/mol. The smallest absolute Gasteiger partial charge is 0.362 e. The van der Waals surface area contributed by atoms with E-state index >= 15 is 0 Å². The van der Waals surface area contributed by atoms with Gasteiger partial charge in [0.05, 0.1) is 11.9 Å². The lowest BCUT2D eigenvalue weighted by Gasteiger charge is -2.20. The van der Waals surface area contributed by atoms with Crippen molar-refractivity contribution in [2.45, 2.75) is 18.9 Å². The minimum absolute atomic E-state index is 0.0477. The van der Waals surface area contributed by atoms with Gasteiger partial charge in [-0.2, -0.15) is 13.2 Å². The highest BCUT2D eigenvalue weighted by atomic mass is 19.4. The highest BCUT2D eigenvalue weighted by Crippen LogP contribution is 2.24. The van der Waals surface area contributed by atoms with Crippen LogP contribution in [0.1, 0.15) is 11.3 Å². The van der Waals surface area contributed by atoms with E-state index in [1.165, 1.54) is 6.07 Å². The minimum atomic E-state index is -4.49. The van der Waals surface area contributed by atoms with Crippen molar-refractivity contribution in [2.75, 3.05) is 0 Å². The molecule has 0 aliphatic carbocycles. The molecule has 0 aromatic carbocycles. The van der Waals surface area contributed by atoms with Gasteiger partial charge in [-0.3, -0.25) is 14.8 Å². The highest BCUT2D eigenvalue weighted by molar-refractivity contribution is 6.09. The summed E-state index contributed by atoms with van der Waals surface area (Å²) in [6, 6.07) is 1.33. The molecule has 112 valence electrons. The first-order chi connectivity index (χ1) is 9.91. The topological polar surface area (TPSA) is 66.4 Å². The highest BCUT2D eigenvalue weighted by Gasteiger charge is 2.39. The number of carbonyl (C=O) groups excluding carboxylic acids is 1. The monoisotopic (exact) mass is 302 g/mol. The Kier molecular flexibility index (Phi) is 4.20. The molecule has 2 N–H and O–H groups in total. The molecule has 1 atom stereocenters. The van der Waals surface area contributed by atoms with Crippen molar-refractivity contribution in [1.82, 2.24) is 15.6 Å². The van der Waals surface area contributed by atoms with Gasteiger partial charge in [0.15, 0.2) is 0 Å². The number of hydrogen-bond donors (Lipinski definition) is 2. The van der Waals surface area contributed by atoms with Crippen LogP contribution >= 0.6 is 0 Å². The molecule has 0 bridgehead atoms. The van der Waals surface area contributed by atoms with Crippen LogP contribution in [0.5, 0.6) is 0 Å². The zero-order valence-corrected chi connectivity index (χ0v) is 10.5. The molecule has 0 radical (unpaired) electrons. The molecule has 1 aliphatic heterocycles. The Morgan fingerprint density at radius 3 is 2.76 bits per heavy atom. The third kappa shape index (κ3) is 3.56. The fourth-order valence-corrected chi connectivity index (χ4v) is 1.65. The molecular formula is C12H10F4N4O. The predicted molar refractivity (Wildman–Crippen MR) is 66.5 cm³/mol. The Labute approximate surface area is 116 Å². The third-order valence-corrected chi connectivity index (χ3v) is 2.68. The molecule has 0 saturated carbocycles. The van der Waals surface area contributed by atoms with Gasteiger partial charge in [0, 0.05) is 30.1 Å². The molecule has 9 heteroatoms. The SMILES string of the molecule is O=CNCc1cc(C2=CNC(C(F)(F)F)N=C2)ncc1F. The van der Waals surface area contributed by atoms with E-state index in [9.17, 15) is 22.4 Å². The van der Waals surface area contributed by atoms with Gasteiger partial charge >= 0.3 is 6.18 Å². The number of nitrogens with zero attached hydrogens (tertiary/aromatic N) is 2. The first-order valence-corrected chi connectivity index (χ1v) is 5.80. The van der Waals surface area contributed by atoms with Crippen LogP contribution in [-0.2, 0) is 11.3 Å². The Morgan fingerprint density at radius 1 is 1.43 bits per heavy atom. The molecule has 2 rings (SSSR count). The largest absolute Gasteiger partial charge is 0.429 e. The van der Waals surface area contributed by atoms with Crippen molar-refractivity contribution in [2.24, 2.45) is 4.99 Å². The van der Waals surface area contributed by atoms with Crippen LogP contribution in [0, 0.1) is 5.82 Å². The van der Waals surface area contributed by atoms with E-state index < -0.39 is 18.2 Å². The molecule has 1 unspecified atom stereocenters. The van der Waals surface area contributed by atoms with Crippen LogP contribution in [-0.4, -0.2) is 30.0 Å². The molecular weight excluding hydrogens is 292 g/mol. The van der Waals surface area contributed by atoms with Gasteiger partial charge < -0.3 is 10.6 Å². The van der Waals surface area contributed by atoms with Crippen molar-refractivity contribution in [1.29, 1.82) is 0 Å². The van der Waals surface area contributed by atoms with Gasteiger partial charge in [-0.05, 0) is 6.07 Å². The van der Waals surface area contributed by atoms with E-state index in [0.717, 1.165) is 18.6 Å². The predicted octanol–water partition coefficient (Wildman–Crippen LogP) is 1.37. The number of alkyl halides is 3. The zero-order chi connectivity index (χ0) is 15.5. The summed E-state index contributed by atoms with van der Waals surface area (Å²) in [5, 5.41) is 4.39. The molecule has 21 heavy (non-hydrogen) atoms. The number of hydrogen-bond acceptors (Lipinski definition) is 4. The molecule has 1 aromatic heterocycles. The second-order valence-electron chi connectivity index (χ2n) is 4.15. The molecule has 1 aliphatic rings. The number of carbonyl (C=O) groups is 1. The van der Waals surface area contributed by atoms with E-state index in [1.54, 1.807) is 0 Å². The molecule has 0 saturated heterocycles. The molecule has 1 amide bonds. The second kappa shape index (κ2) is 5.90. The number of amides is 1. The van der Waals surface area contributed by atoms with Gasteiger partial charge in [-0.15, -0.1) is 0 Å². The van der Waals surface area contributed by atoms with Gasteiger partial charge in [-0.1, -0.05) is 0 Å². The fourth-order valence-electron chi connectivity index (χ4n) is 1.65. The van der Waals surface area contributed by atoms with Gasteiger partial charge in [0.25, 0.3) is 0 Å². The van der Waals surface area contributed by atoms with Crippen LogP contribution in [0.25, 0.3) is 5.57 Å². The Balaban J connectivity index is 2.18. The molecule has 0 spiro atoms. The van der Waals surface area contributed by atoms with E-state index in [2.05, 4.69) is 20.6 Å². The van der Waals surface area contributed by atoms with Crippen LogP contribution in [0.15, 0.2) is 23.5 Å². The van der Waals surface area contributed by atoms with Crippen molar-refractivity contribution >= 4 is 18.2 Å². The number of aromatic nitrogens is 1. The summed E-state index contributed by atoms with van der Waals surface area (Å²) >= 11 is 0. The lowest BCUT2D eigenvalue weighted by Crippen LogP contribution is -2.39. The summed E-state index contributed by atoms with van der Waals surface area (Å²) in [7, 11) is 0. The minimum Gasteiger partial charge on any atom is -0.362 e. The normalized spacial score (nSPS) is 17.9. The Hall–Kier alpha value is -2.45. The van der Waals surface area contributed by atoms with Crippen molar-refractivity contribution in [3.05, 3.63) is 35.5 Å². The van der Waals surface area contributed by atoms with E-state index in [1.807, 2.05) is 0 Å². The van der Waals surface area contributed by atoms with Gasteiger partial charge in [0.2, 0.25) is 12.6 Å². The number of rotatable bonds is 4. The van der Waals surface area contributed by atoms with Crippen molar-refractivity contribution in [3.8, 4) is 0 Å². The summed E-state index contributed by atoms with van der Waals surface area (Å²) in [4.78, 5) is 17.3. The summed E-state index contributed by atoms with van der Waals surface area (Å²) in [5.74, 6) is -0.623. The fraction of sp³-hybridized carbons (Fsp3) is 0.250. The number of allylic oxidation sites excluding steroid dienone is 1. The average Bonchev–Trinajstić information content (AvgIpc) is 2.46. The maximum Gasteiger partial charge on any atom is 0.429 e. The summed E-state index contributed by atoms with van der Waals surface area (Å²) < 4.78 is 50.7. The lowest BCUT2D eigenvalue weighted by molar-refractivity contribution is -0.151. The third-order valence-electron chi connectivity index (χ3n) is 2.68. The maximum absolute atomic E-state index is 13.4. The quantitative estimate of drug-likeness (QED) is 0.652. The van der Waals surface area contributed by atoms with Crippen molar-refractivity contribution in [3.63, 3.8) is 0 Å². The van der Waals surface area contributed by atoms with E-state index in [-0.39, 0.29) is 23.4 Å². The molecule has 5 nitrogen and oxygen atoms in total. The van der Waals surface area contributed by atoms with Crippen LogP contribution < -0.4 is 10.6 Å². The Morgan fingerprint density at radius 2 is 2.19 bits per heavy atom. The molecule has 1 aromatic rings. The van der Waals surface area contributed by atoms with Crippen molar-refractivity contribution < 1.29 is 22.4 Å². The summed E-state index contributed by atoms with van der Waals surface area (Å²) in [5.41, 5.74) is 0.693. The summed E-state index contributed by atoms with van der Waals surface area (Å²) in [6.45, 7) is -0.0477. The van der Waals surface area contributed by atoms with Crippen LogP contribution in [0.2, 0.25) is 0 Å². The number of nitrogens with one attached hydrogen (secondary N) is 2. The second-order valence-corrected chi connectivity index (χ2v) is 4.15. The standard InChI is InChI=1S/C12H10F4N4O/c13-9-5-18-10(1-7(9)2-17-6-21)8-3-19-11(20-4-8)12(14,15)16/h1,3-6,11,19H,2H2,(H,17,21). The van der Waals surface area contributed by atoms with Crippen LogP contribution in [0.4, 0.5) is 17.6 Å². The maximum atomic E-state index is 13.4. The zero-order valence-electron chi connectivity index (χ0n) is 10.5. The number of pyridine rings is 1. The molecule has 2 heterocycles. The summed E-state index contributed by atoms with van der Waals surface area (Å²) in [6.07, 6.45) is -3.02. The lowest BCUT2D eigenvalue weighted by atomic mass is 10.1. The Bertz CT molecular complexity index is 597. The van der Waals surface area contributed by atoms with Crippen LogP contribution in [0.3, 0.4) is 0 Å². The first kappa shape index (κ1) is 14.9. The van der Waals surface area contributed by atoms with Gasteiger partial charge in [-0.25, -0.2) is 4.39 Å². The van der Waals surface area contributed by atoms with E-state index in [0.29, 0.717) is 6.41 Å². The number of halogens is 4. The number of aliphatic imine (C=N–C) groups is 1.